The number of rotatable bonds is 1. The number of nitrogens with zero attached hydrogens (tertiary/aromatic N) is 3. The van der Waals surface area contributed by atoms with Crippen LogP contribution in [0.4, 0.5) is 0 Å². The van der Waals surface area contributed by atoms with Crippen LogP contribution >= 0.6 is 15.9 Å². The predicted octanol–water partition coefficient (Wildman–Crippen LogP) is -0.375. The SMILES string of the molecule is Cn1nnc(Br)c1C1CNCC1O. The molecule has 2 rings (SSSR count). The highest BCUT2D eigenvalue weighted by molar-refractivity contribution is 9.10. The third-order valence-electron chi connectivity index (χ3n) is 2.36. The van der Waals surface area contributed by atoms with Crippen molar-refractivity contribution in [1.82, 2.24) is 20.3 Å². The van der Waals surface area contributed by atoms with Crippen molar-refractivity contribution in [3.63, 3.8) is 0 Å². The van der Waals surface area contributed by atoms with Crippen LogP contribution < -0.4 is 5.32 Å². The summed E-state index contributed by atoms with van der Waals surface area (Å²) in [4.78, 5) is 0. The fourth-order valence-electron chi connectivity index (χ4n) is 1.68. The maximum absolute atomic E-state index is 9.66. The Bertz CT molecular complexity index is 294. The van der Waals surface area contributed by atoms with Gasteiger partial charge in [-0.25, -0.2) is 0 Å². The quantitative estimate of drug-likeness (QED) is 0.710. The molecule has 1 saturated heterocycles. The second-order valence-corrected chi connectivity index (χ2v) is 3.97. The van der Waals surface area contributed by atoms with Crippen molar-refractivity contribution in [3.8, 4) is 0 Å². The first-order valence-corrected chi connectivity index (χ1v) is 4.93. The summed E-state index contributed by atoms with van der Waals surface area (Å²) in [5.74, 6) is 0.0920. The molecule has 1 aliphatic heterocycles. The van der Waals surface area contributed by atoms with E-state index in [4.69, 9.17) is 0 Å². The lowest BCUT2D eigenvalue weighted by Crippen LogP contribution is -2.19. The van der Waals surface area contributed by atoms with E-state index in [1.807, 2.05) is 7.05 Å². The first kappa shape index (κ1) is 9.11. The first-order valence-electron chi connectivity index (χ1n) is 4.14. The Balaban J connectivity index is 2.33. The monoisotopic (exact) mass is 246 g/mol. The summed E-state index contributed by atoms with van der Waals surface area (Å²) in [6.07, 6.45) is -0.339. The molecular formula is C7H11BrN4O. The number of aryl methyl sites for hydroxylation is 1. The molecule has 6 heteroatoms. The lowest BCUT2D eigenvalue weighted by molar-refractivity contribution is 0.174. The normalized spacial score (nSPS) is 28.2. The smallest absolute Gasteiger partial charge is 0.151 e. The number of aromatic nitrogens is 3. The Labute approximate surface area is 84.3 Å². The Kier molecular flexibility index (Phi) is 2.35. The van der Waals surface area contributed by atoms with Crippen molar-refractivity contribution in [1.29, 1.82) is 0 Å². The van der Waals surface area contributed by atoms with Gasteiger partial charge in [-0.15, -0.1) is 5.10 Å². The molecule has 2 unspecified atom stereocenters. The second kappa shape index (κ2) is 3.36. The van der Waals surface area contributed by atoms with Gasteiger partial charge in [-0.3, -0.25) is 4.68 Å². The first-order chi connectivity index (χ1) is 6.20. The van der Waals surface area contributed by atoms with E-state index in [-0.39, 0.29) is 12.0 Å². The molecule has 0 aliphatic carbocycles. The van der Waals surface area contributed by atoms with Gasteiger partial charge in [0.25, 0.3) is 0 Å². The van der Waals surface area contributed by atoms with Gasteiger partial charge in [-0.2, -0.15) is 0 Å². The number of nitrogens with one attached hydrogen (secondary N) is 1. The average Bonchev–Trinajstić information content (AvgIpc) is 2.60. The minimum Gasteiger partial charge on any atom is -0.391 e. The summed E-state index contributed by atoms with van der Waals surface area (Å²) in [6, 6.07) is 0. The van der Waals surface area contributed by atoms with E-state index in [2.05, 4.69) is 31.6 Å². The van der Waals surface area contributed by atoms with E-state index in [9.17, 15) is 5.11 Å². The molecule has 5 nitrogen and oxygen atoms in total. The zero-order chi connectivity index (χ0) is 9.42. The molecule has 0 radical (unpaired) electrons. The van der Waals surface area contributed by atoms with Crippen molar-refractivity contribution in [3.05, 3.63) is 10.3 Å². The lowest BCUT2D eigenvalue weighted by atomic mass is 10.0. The van der Waals surface area contributed by atoms with Crippen LogP contribution in [0, 0.1) is 0 Å². The zero-order valence-corrected chi connectivity index (χ0v) is 8.82. The van der Waals surface area contributed by atoms with Crippen LogP contribution in [-0.2, 0) is 7.05 Å². The van der Waals surface area contributed by atoms with Crippen molar-refractivity contribution < 1.29 is 5.11 Å². The van der Waals surface area contributed by atoms with Crippen LogP contribution in [0.25, 0.3) is 0 Å². The van der Waals surface area contributed by atoms with E-state index >= 15 is 0 Å². The van der Waals surface area contributed by atoms with E-state index in [0.29, 0.717) is 6.54 Å². The van der Waals surface area contributed by atoms with E-state index in [0.717, 1.165) is 16.8 Å². The van der Waals surface area contributed by atoms with Crippen LogP contribution in [-0.4, -0.2) is 39.3 Å². The van der Waals surface area contributed by atoms with Gasteiger partial charge >= 0.3 is 0 Å². The van der Waals surface area contributed by atoms with Crippen molar-refractivity contribution in [2.45, 2.75) is 12.0 Å². The van der Waals surface area contributed by atoms with Gasteiger partial charge in [0.05, 0.1) is 11.8 Å². The van der Waals surface area contributed by atoms with Crippen LogP contribution in [0.3, 0.4) is 0 Å². The van der Waals surface area contributed by atoms with Crippen molar-refractivity contribution in [2.24, 2.45) is 7.05 Å². The molecule has 13 heavy (non-hydrogen) atoms. The maximum atomic E-state index is 9.66. The molecule has 1 aromatic rings. The highest BCUT2D eigenvalue weighted by Gasteiger charge is 2.31. The molecular weight excluding hydrogens is 236 g/mol. The number of halogens is 1. The van der Waals surface area contributed by atoms with Gasteiger partial charge in [0.15, 0.2) is 4.60 Å². The number of β-amino-alcohol motifs (C(OH)–C–C–N with tert-alkyl or cyclic N) is 1. The van der Waals surface area contributed by atoms with Gasteiger partial charge in [0.1, 0.15) is 0 Å². The molecule has 0 bridgehead atoms. The Morgan fingerprint density at radius 1 is 1.62 bits per heavy atom. The summed E-state index contributed by atoms with van der Waals surface area (Å²) in [7, 11) is 1.83. The van der Waals surface area contributed by atoms with Crippen LogP contribution in [0.2, 0.25) is 0 Å². The molecule has 2 N–H and O–H groups in total. The Morgan fingerprint density at radius 3 is 2.85 bits per heavy atom. The summed E-state index contributed by atoms with van der Waals surface area (Å²) in [6.45, 7) is 1.42. The summed E-state index contributed by atoms with van der Waals surface area (Å²) in [5, 5.41) is 20.5. The topological polar surface area (TPSA) is 63.0 Å². The number of hydrogen-bond acceptors (Lipinski definition) is 4. The molecule has 0 amide bonds. The van der Waals surface area contributed by atoms with E-state index < -0.39 is 0 Å². The molecule has 2 atom stereocenters. The van der Waals surface area contributed by atoms with Crippen LogP contribution in [0.5, 0.6) is 0 Å². The van der Waals surface area contributed by atoms with E-state index in [1.54, 1.807) is 4.68 Å². The van der Waals surface area contributed by atoms with Gasteiger partial charge in [0.2, 0.25) is 0 Å². The van der Waals surface area contributed by atoms with Gasteiger partial charge < -0.3 is 10.4 Å². The Hall–Kier alpha value is -0.460. The predicted molar refractivity (Wildman–Crippen MR) is 50.3 cm³/mol. The molecule has 0 saturated carbocycles. The summed E-state index contributed by atoms with van der Waals surface area (Å²) < 4.78 is 2.42. The highest BCUT2D eigenvalue weighted by atomic mass is 79.9. The maximum Gasteiger partial charge on any atom is 0.151 e. The largest absolute Gasteiger partial charge is 0.391 e. The Morgan fingerprint density at radius 2 is 2.38 bits per heavy atom. The van der Waals surface area contributed by atoms with Gasteiger partial charge in [-0.05, 0) is 15.9 Å². The molecule has 0 spiro atoms. The third-order valence-corrected chi connectivity index (χ3v) is 2.92. The summed E-state index contributed by atoms with van der Waals surface area (Å²) >= 11 is 3.32. The fourth-order valence-corrected chi connectivity index (χ4v) is 2.30. The average molecular weight is 247 g/mol. The minimum atomic E-state index is -0.339. The zero-order valence-electron chi connectivity index (χ0n) is 7.24. The second-order valence-electron chi connectivity index (χ2n) is 3.22. The molecule has 1 aliphatic rings. The van der Waals surface area contributed by atoms with Crippen LogP contribution in [0.15, 0.2) is 4.60 Å². The van der Waals surface area contributed by atoms with Crippen molar-refractivity contribution >= 4 is 15.9 Å². The van der Waals surface area contributed by atoms with Crippen LogP contribution in [0.1, 0.15) is 11.6 Å². The molecule has 2 heterocycles. The van der Waals surface area contributed by atoms with Crippen molar-refractivity contribution in [2.75, 3.05) is 13.1 Å². The lowest BCUT2D eigenvalue weighted by Gasteiger charge is -2.12. The van der Waals surface area contributed by atoms with Gasteiger partial charge in [-0.1, -0.05) is 5.21 Å². The molecule has 72 valence electrons. The molecule has 0 aromatic carbocycles. The standard InChI is InChI=1S/C7H11BrN4O/c1-12-6(7(8)10-11-12)4-2-9-3-5(4)13/h4-5,9,13H,2-3H2,1H3. The molecule has 1 aromatic heterocycles. The third kappa shape index (κ3) is 1.49. The number of hydrogen-bond donors (Lipinski definition) is 2. The minimum absolute atomic E-state index is 0.0920. The highest BCUT2D eigenvalue weighted by Crippen LogP contribution is 2.27. The fraction of sp³-hybridized carbons (Fsp3) is 0.714. The number of aliphatic hydroxyl groups is 1. The van der Waals surface area contributed by atoms with Gasteiger partial charge in [0, 0.05) is 26.1 Å². The molecule has 1 fully saturated rings. The summed E-state index contributed by atoms with van der Waals surface area (Å²) in [5.41, 5.74) is 0.956. The van der Waals surface area contributed by atoms with E-state index in [1.165, 1.54) is 0 Å². The number of aliphatic hydroxyl groups excluding tert-OH is 1.